The first-order valence-corrected chi connectivity index (χ1v) is 7.73. The summed E-state index contributed by atoms with van der Waals surface area (Å²) in [5.41, 5.74) is 3.97. The van der Waals surface area contributed by atoms with Crippen LogP contribution in [0.25, 0.3) is 0 Å². The Bertz CT molecular complexity index is 548. The largest absolute Gasteiger partial charge is 0.497 e. The Labute approximate surface area is 128 Å². The lowest BCUT2D eigenvalue weighted by Gasteiger charge is -2.23. The van der Waals surface area contributed by atoms with Gasteiger partial charge in [-0.05, 0) is 36.6 Å². The van der Waals surface area contributed by atoms with E-state index < -0.39 is 0 Å². The highest BCUT2D eigenvalue weighted by atomic mass is 16.5. The molecular formula is C19H25NO. The van der Waals surface area contributed by atoms with Crippen LogP contribution in [-0.2, 0) is 13.0 Å². The number of aryl methyl sites for hydroxylation is 1. The zero-order valence-corrected chi connectivity index (χ0v) is 13.3. The molecule has 0 amide bonds. The summed E-state index contributed by atoms with van der Waals surface area (Å²) in [6, 6.07) is 17.2. The van der Waals surface area contributed by atoms with Crippen LogP contribution in [0, 0.1) is 0 Å². The summed E-state index contributed by atoms with van der Waals surface area (Å²) >= 11 is 0. The molecule has 0 fully saturated rings. The van der Waals surface area contributed by atoms with Gasteiger partial charge in [0, 0.05) is 24.8 Å². The van der Waals surface area contributed by atoms with Gasteiger partial charge in [-0.25, -0.2) is 0 Å². The van der Waals surface area contributed by atoms with Crippen molar-refractivity contribution in [3.63, 3.8) is 0 Å². The van der Waals surface area contributed by atoms with E-state index in [1.54, 1.807) is 7.11 Å². The highest BCUT2D eigenvalue weighted by Gasteiger charge is 2.06. The monoisotopic (exact) mass is 283 g/mol. The van der Waals surface area contributed by atoms with Gasteiger partial charge >= 0.3 is 0 Å². The van der Waals surface area contributed by atoms with Crippen molar-refractivity contribution in [1.82, 2.24) is 0 Å². The predicted molar refractivity (Wildman–Crippen MR) is 90.2 cm³/mol. The smallest absolute Gasteiger partial charge is 0.120 e. The van der Waals surface area contributed by atoms with E-state index in [0.717, 1.165) is 25.3 Å². The van der Waals surface area contributed by atoms with Gasteiger partial charge in [0.15, 0.2) is 0 Å². The molecule has 0 N–H and O–H groups in total. The molecule has 0 aromatic heterocycles. The van der Waals surface area contributed by atoms with E-state index in [0.29, 0.717) is 0 Å². The second kappa shape index (κ2) is 7.72. The average Bonchev–Trinajstić information content (AvgIpc) is 2.54. The van der Waals surface area contributed by atoms with Crippen molar-refractivity contribution in [3.05, 3.63) is 59.7 Å². The molecule has 2 aromatic carbocycles. The fraction of sp³-hybridized carbons (Fsp3) is 0.368. The van der Waals surface area contributed by atoms with Crippen molar-refractivity contribution < 1.29 is 4.74 Å². The molecule has 0 unspecified atom stereocenters. The minimum atomic E-state index is 0.907. The Morgan fingerprint density at radius 2 is 1.67 bits per heavy atom. The molecule has 2 rings (SSSR count). The fourth-order valence-corrected chi connectivity index (χ4v) is 2.51. The van der Waals surface area contributed by atoms with Crippen LogP contribution in [0.1, 0.15) is 31.4 Å². The van der Waals surface area contributed by atoms with Gasteiger partial charge in [-0.1, -0.05) is 43.7 Å². The average molecular weight is 283 g/mol. The lowest BCUT2D eigenvalue weighted by atomic mass is 10.1. The molecule has 0 spiro atoms. The minimum absolute atomic E-state index is 0.907. The lowest BCUT2D eigenvalue weighted by molar-refractivity contribution is 0.415. The Kier molecular flexibility index (Phi) is 5.68. The SMILES string of the molecule is CCCc1ccc(CN(CC)c2cccc(OC)c2)cc1. The second-order valence-electron chi connectivity index (χ2n) is 5.28. The minimum Gasteiger partial charge on any atom is -0.497 e. The molecule has 0 heterocycles. The Balaban J connectivity index is 2.10. The summed E-state index contributed by atoms with van der Waals surface area (Å²) in [4.78, 5) is 2.36. The first-order chi connectivity index (χ1) is 10.3. The molecule has 2 nitrogen and oxygen atoms in total. The number of rotatable bonds is 7. The third-order valence-corrected chi connectivity index (χ3v) is 3.74. The van der Waals surface area contributed by atoms with E-state index in [1.807, 2.05) is 12.1 Å². The summed E-state index contributed by atoms with van der Waals surface area (Å²) in [6.07, 6.45) is 2.36. The molecule has 0 bridgehead atoms. The standard InChI is InChI=1S/C19H25NO/c1-4-7-16-10-12-17(13-11-16)15-20(5-2)18-8-6-9-19(14-18)21-3/h6,8-14H,4-5,7,15H2,1-3H3. The molecule has 0 saturated carbocycles. The number of methoxy groups -OCH3 is 1. The molecule has 0 atom stereocenters. The maximum Gasteiger partial charge on any atom is 0.120 e. The molecule has 0 aliphatic carbocycles. The first kappa shape index (κ1) is 15.4. The van der Waals surface area contributed by atoms with Crippen LogP contribution in [0.2, 0.25) is 0 Å². The number of ether oxygens (including phenoxy) is 1. The number of hydrogen-bond acceptors (Lipinski definition) is 2. The number of benzene rings is 2. The van der Waals surface area contributed by atoms with Gasteiger partial charge in [-0.15, -0.1) is 0 Å². The van der Waals surface area contributed by atoms with Crippen molar-refractivity contribution in [2.75, 3.05) is 18.6 Å². The van der Waals surface area contributed by atoms with Crippen molar-refractivity contribution in [3.8, 4) is 5.75 Å². The van der Waals surface area contributed by atoms with Gasteiger partial charge in [-0.3, -0.25) is 0 Å². The van der Waals surface area contributed by atoms with Crippen LogP contribution in [0.15, 0.2) is 48.5 Å². The number of anilines is 1. The summed E-state index contributed by atoms with van der Waals surface area (Å²) in [6.45, 7) is 6.31. The number of nitrogens with zero attached hydrogens (tertiary/aromatic N) is 1. The van der Waals surface area contributed by atoms with E-state index in [9.17, 15) is 0 Å². The van der Waals surface area contributed by atoms with Gasteiger partial charge in [0.05, 0.1) is 7.11 Å². The van der Waals surface area contributed by atoms with E-state index in [-0.39, 0.29) is 0 Å². The van der Waals surface area contributed by atoms with Crippen LogP contribution in [-0.4, -0.2) is 13.7 Å². The molecule has 0 aliphatic heterocycles. The third-order valence-electron chi connectivity index (χ3n) is 3.74. The lowest BCUT2D eigenvalue weighted by Crippen LogP contribution is -2.21. The third kappa shape index (κ3) is 4.25. The molecule has 2 aromatic rings. The van der Waals surface area contributed by atoms with E-state index >= 15 is 0 Å². The van der Waals surface area contributed by atoms with Gasteiger partial charge in [-0.2, -0.15) is 0 Å². The Hall–Kier alpha value is -1.96. The van der Waals surface area contributed by atoms with Crippen LogP contribution >= 0.6 is 0 Å². The quantitative estimate of drug-likeness (QED) is 0.732. The molecular weight excluding hydrogens is 258 g/mol. The van der Waals surface area contributed by atoms with Crippen LogP contribution in [0.5, 0.6) is 5.75 Å². The zero-order valence-electron chi connectivity index (χ0n) is 13.3. The predicted octanol–water partition coefficient (Wildman–Crippen LogP) is 4.67. The van der Waals surface area contributed by atoms with Crippen molar-refractivity contribution >= 4 is 5.69 Å². The van der Waals surface area contributed by atoms with Gasteiger partial charge in [0.25, 0.3) is 0 Å². The second-order valence-corrected chi connectivity index (χ2v) is 5.28. The van der Waals surface area contributed by atoms with Crippen molar-refractivity contribution in [2.24, 2.45) is 0 Å². The first-order valence-electron chi connectivity index (χ1n) is 7.73. The highest BCUT2D eigenvalue weighted by molar-refractivity contribution is 5.51. The van der Waals surface area contributed by atoms with Crippen LogP contribution < -0.4 is 9.64 Å². The van der Waals surface area contributed by atoms with E-state index in [4.69, 9.17) is 4.74 Å². The summed E-state index contributed by atoms with van der Waals surface area (Å²) in [5, 5.41) is 0. The number of hydrogen-bond donors (Lipinski definition) is 0. The van der Waals surface area contributed by atoms with Crippen LogP contribution in [0.3, 0.4) is 0 Å². The maximum atomic E-state index is 5.32. The molecule has 0 aliphatic rings. The Morgan fingerprint density at radius 3 is 2.29 bits per heavy atom. The topological polar surface area (TPSA) is 12.5 Å². The van der Waals surface area contributed by atoms with Crippen LogP contribution in [0.4, 0.5) is 5.69 Å². The van der Waals surface area contributed by atoms with Gasteiger partial charge in [0.2, 0.25) is 0 Å². The van der Waals surface area contributed by atoms with Crippen molar-refractivity contribution in [2.45, 2.75) is 33.2 Å². The summed E-state index contributed by atoms with van der Waals surface area (Å²) in [5.74, 6) is 0.907. The van der Waals surface area contributed by atoms with E-state index in [2.05, 4.69) is 55.1 Å². The van der Waals surface area contributed by atoms with Gasteiger partial charge < -0.3 is 9.64 Å². The summed E-state index contributed by atoms with van der Waals surface area (Å²) < 4.78 is 5.32. The van der Waals surface area contributed by atoms with Gasteiger partial charge in [0.1, 0.15) is 5.75 Å². The normalized spacial score (nSPS) is 10.4. The molecule has 0 saturated heterocycles. The molecule has 112 valence electrons. The zero-order chi connectivity index (χ0) is 15.1. The fourth-order valence-electron chi connectivity index (χ4n) is 2.51. The molecule has 2 heteroatoms. The molecule has 0 radical (unpaired) electrons. The summed E-state index contributed by atoms with van der Waals surface area (Å²) in [7, 11) is 1.71. The molecule has 21 heavy (non-hydrogen) atoms. The van der Waals surface area contributed by atoms with Crippen molar-refractivity contribution in [1.29, 1.82) is 0 Å². The van der Waals surface area contributed by atoms with E-state index in [1.165, 1.54) is 23.2 Å². The maximum absolute atomic E-state index is 5.32. The Morgan fingerprint density at radius 1 is 0.952 bits per heavy atom. The highest BCUT2D eigenvalue weighted by Crippen LogP contribution is 2.22.